The molecule has 1 N–H and O–H groups in total. The highest BCUT2D eigenvalue weighted by molar-refractivity contribution is 7.90. The van der Waals surface area contributed by atoms with Crippen molar-refractivity contribution in [3.8, 4) is 0 Å². The van der Waals surface area contributed by atoms with E-state index in [4.69, 9.17) is 0 Å². The quantitative estimate of drug-likeness (QED) is 0.839. The molecule has 18 heavy (non-hydrogen) atoms. The van der Waals surface area contributed by atoms with Gasteiger partial charge in [-0.05, 0) is 44.9 Å². The number of thiophene rings is 1. The third-order valence-corrected chi connectivity index (χ3v) is 5.28. The Kier molecular flexibility index (Phi) is 5.82. The van der Waals surface area contributed by atoms with Crippen LogP contribution in [0.2, 0.25) is 0 Å². The van der Waals surface area contributed by atoms with E-state index in [9.17, 15) is 8.42 Å². The molecule has 1 rings (SSSR count). The van der Waals surface area contributed by atoms with Crippen molar-refractivity contribution in [2.45, 2.75) is 39.7 Å². The summed E-state index contributed by atoms with van der Waals surface area (Å²) < 4.78 is 22.3. The van der Waals surface area contributed by atoms with Gasteiger partial charge in [0.15, 0.2) is 0 Å². The van der Waals surface area contributed by atoms with Gasteiger partial charge in [0.05, 0.1) is 0 Å². The standard InChI is InChI=1S/C13H23NO2S2/c1-5-14-12(7-6-8-18(4,15)16)13-9-10(2)11(3)17-13/h9,12,14H,5-8H2,1-4H3. The van der Waals surface area contributed by atoms with Crippen LogP contribution in [0.4, 0.5) is 0 Å². The Labute approximate surface area is 115 Å². The molecular formula is C13H23NO2S2. The van der Waals surface area contributed by atoms with E-state index >= 15 is 0 Å². The summed E-state index contributed by atoms with van der Waals surface area (Å²) in [5.41, 5.74) is 1.32. The Balaban J connectivity index is 2.65. The molecule has 1 heterocycles. The first-order chi connectivity index (χ1) is 8.33. The second-order valence-corrected chi connectivity index (χ2v) is 8.32. The van der Waals surface area contributed by atoms with Gasteiger partial charge in [-0.15, -0.1) is 11.3 Å². The fraction of sp³-hybridized carbons (Fsp3) is 0.692. The number of aryl methyl sites for hydroxylation is 2. The molecule has 3 nitrogen and oxygen atoms in total. The van der Waals surface area contributed by atoms with Crippen LogP contribution in [0.1, 0.15) is 41.1 Å². The summed E-state index contributed by atoms with van der Waals surface area (Å²) in [5.74, 6) is 0.276. The van der Waals surface area contributed by atoms with E-state index in [0.29, 0.717) is 6.42 Å². The normalized spacial score (nSPS) is 13.8. The van der Waals surface area contributed by atoms with Crippen molar-refractivity contribution >= 4 is 21.2 Å². The lowest BCUT2D eigenvalue weighted by molar-refractivity contribution is 0.514. The van der Waals surface area contributed by atoms with E-state index in [1.165, 1.54) is 21.6 Å². The average molecular weight is 289 g/mol. The highest BCUT2D eigenvalue weighted by atomic mass is 32.2. The topological polar surface area (TPSA) is 46.2 Å². The Morgan fingerprint density at radius 3 is 2.50 bits per heavy atom. The van der Waals surface area contributed by atoms with Crippen molar-refractivity contribution < 1.29 is 8.42 Å². The second kappa shape index (κ2) is 6.68. The number of rotatable bonds is 7. The summed E-state index contributed by atoms with van der Waals surface area (Å²) in [7, 11) is -2.84. The Morgan fingerprint density at radius 2 is 2.06 bits per heavy atom. The molecule has 0 aliphatic carbocycles. The lowest BCUT2D eigenvalue weighted by Gasteiger charge is -2.16. The van der Waals surface area contributed by atoms with Crippen LogP contribution in [0.25, 0.3) is 0 Å². The summed E-state index contributed by atoms with van der Waals surface area (Å²) in [6.07, 6.45) is 2.89. The highest BCUT2D eigenvalue weighted by Crippen LogP contribution is 2.29. The monoisotopic (exact) mass is 289 g/mol. The molecule has 0 aliphatic rings. The van der Waals surface area contributed by atoms with Crippen molar-refractivity contribution in [1.29, 1.82) is 0 Å². The zero-order valence-electron chi connectivity index (χ0n) is 11.6. The van der Waals surface area contributed by atoms with Gasteiger partial charge in [-0.2, -0.15) is 0 Å². The minimum absolute atomic E-state index is 0.276. The molecule has 1 unspecified atom stereocenters. The molecule has 0 aliphatic heterocycles. The maximum Gasteiger partial charge on any atom is 0.147 e. The van der Waals surface area contributed by atoms with Gasteiger partial charge in [0, 0.05) is 27.8 Å². The fourth-order valence-corrected chi connectivity index (χ4v) is 3.76. The maximum absolute atomic E-state index is 11.1. The van der Waals surface area contributed by atoms with Crippen molar-refractivity contribution in [2.24, 2.45) is 0 Å². The SMILES string of the molecule is CCNC(CCCS(C)(=O)=O)c1cc(C)c(C)s1. The van der Waals surface area contributed by atoms with Crippen LogP contribution in [0.3, 0.4) is 0 Å². The maximum atomic E-state index is 11.1. The fourth-order valence-electron chi connectivity index (χ4n) is 1.91. The van der Waals surface area contributed by atoms with Crippen LogP contribution in [0.15, 0.2) is 6.07 Å². The molecular weight excluding hydrogens is 266 g/mol. The molecule has 104 valence electrons. The molecule has 0 aromatic carbocycles. The van der Waals surface area contributed by atoms with E-state index in [1.54, 1.807) is 0 Å². The number of nitrogens with one attached hydrogen (secondary N) is 1. The molecule has 0 saturated heterocycles. The number of hydrogen-bond acceptors (Lipinski definition) is 4. The molecule has 0 saturated carbocycles. The predicted molar refractivity (Wildman–Crippen MR) is 79.2 cm³/mol. The van der Waals surface area contributed by atoms with Crippen molar-refractivity contribution in [1.82, 2.24) is 5.32 Å². The summed E-state index contributed by atoms with van der Waals surface area (Å²) >= 11 is 1.81. The summed E-state index contributed by atoms with van der Waals surface area (Å²) in [5, 5.41) is 3.44. The number of hydrogen-bond donors (Lipinski definition) is 1. The van der Waals surface area contributed by atoms with Gasteiger partial charge in [-0.25, -0.2) is 8.42 Å². The average Bonchev–Trinajstić information content (AvgIpc) is 2.56. The molecule has 5 heteroatoms. The van der Waals surface area contributed by atoms with Gasteiger partial charge >= 0.3 is 0 Å². The lowest BCUT2D eigenvalue weighted by atomic mass is 10.1. The molecule has 1 aromatic rings. The second-order valence-electron chi connectivity index (χ2n) is 4.77. The summed E-state index contributed by atoms with van der Waals surface area (Å²) in [4.78, 5) is 2.66. The molecule has 0 bridgehead atoms. The summed E-state index contributed by atoms with van der Waals surface area (Å²) in [6, 6.07) is 2.50. The molecule has 0 radical (unpaired) electrons. The zero-order chi connectivity index (χ0) is 13.8. The smallest absolute Gasteiger partial charge is 0.147 e. The third kappa shape index (κ3) is 5.08. The predicted octanol–water partition coefficient (Wildman–Crippen LogP) is 2.84. The van der Waals surface area contributed by atoms with E-state index in [-0.39, 0.29) is 11.8 Å². The van der Waals surface area contributed by atoms with E-state index in [2.05, 4.69) is 32.2 Å². The van der Waals surface area contributed by atoms with Crippen LogP contribution in [0, 0.1) is 13.8 Å². The van der Waals surface area contributed by atoms with Gasteiger partial charge in [0.25, 0.3) is 0 Å². The highest BCUT2D eigenvalue weighted by Gasteiger charge is 2.14. The molecule has 0 spiro atoms. The minimum Gasteiger partial charge on any atom is -0.310 e. The largest absolute Gasteiger partial charge is 0.310 e. The summed E-state index contributed by atoms with van der Waals surface area (Å²) in [6.45, 7) is 7.23. The minimum atomic E-state index is -2.84. The van der Waals surface area contributed by atoms with E-state index in [1.807, 2.05) is 11.3 Å². The van der Waals surface area contributed by atoms with E-state index in [0.717, 1.165) is 13.0 Å². The Hall–Kier alpha value is -0.390. The van der Waals surface area contributed by atoms with Crippen LogP contribution >= 0.6 is 11.3 Å². The number of sulfone groups is 1. The van der Waals surface area contributed by atoms with Crippen LogP contribution in [0.5, 0.6) is 0 Å². The van der Waals surface area contributed by atoms with Gasteiger partial charge in [-0.1, -0.05) is 6.92 Å². The molecule has 1 aromatic heterocycles. The molecule has 0 amide bonds. The molecule has 0 fully saturated rings. The Bertz CT molecular complexity index is 458. The van der Waals surface area contributed by atoms with Crippen LogP contribution in [-0.4, -0.2) is 27.0 Å². The first-order valence-electron chi connectivity index (χ1n) is 6.31. The van der Waals surface area contributed by atoms with Gasteiger partial charge < -0.3 is 5.32 Å². The third-order valence-electron chi connectivity index (χ3n) is 2.99. The first-order valence-corrected chi connectivity index (χ1v) is 9.19. The van der Waals surface area contributed by atoms with Crippen molar-refractivity contribution in [3.05, 3.63) is 21.4 Å². The van der Waals surface area contributed by atoms with Gasteiger partial charge in [-0.3, -0.25) is 0 Å². The zero-order valence-corrected chi connectivity index (χ0v) is 13.2. The lowest BCUT2D eigenvalue weighted by Crippen LogP contribution is -2.20. The van der Waals surface area contributed by atoms with Crippen molar-refractivity contribution in [2.75, 3.05) is 18.6 Å². The van der Waals surface area contributed by atoms with Gasteiger partial charge in [0.2, 0.25) is 0 Å². The van der Waals surface area contributed by atoms with E-state index < -0.39 is 9.84 Å². The Morgan fingerprint density at radius 1 is 1.39 bits per heavy atom. The van der Waals surface area contributed by atoms with Gasteiger partial charge in [0.1, 0.15) is 9.84 Å². The van der Waals surface area contributed by atoms with Crippen molar-refractivity contribution in [3.63, 3.8) is 0 Å². The van der Waals surface area contributed by atoms with Crippen LogP contribution < -0.4 is 5.32 Å². The molecule has 1 atom stereocenters. The van der Waals surface area contributed by atoms with Crippen LogP contribution in [-0.2, 0) is 9.84 Å². The first kappa shape index (κ1) is 15.7.